The van der Waals surface area contributed by atoms with E-state index in [0.29, 0.717) is 13.0 Å². The first-order valence-electron chi connectivity index (χ1n) is 9.05. The van der Waals surface area contributed by atoms with Gasteiger partial charge in [0.05, 0.1) is 21.9 Å². The molecular weight excluding hydrogens is 517 g/mol. The number of anilines is 1. The standard InChI is InChI=1S/C19H12Cl6N2O3/c20-13-14(21)18(23)12-11(17(13,22)19(18,24)25)15(29)27(16(12)30)7-10(28)26-6-5-8-3-1-2-4-9(8)26/h1-4,11-12H,5-7H2/t11-,12-,17-,18-/m1/s1. The number of carbonyl (C=O) groups is 3. The summed E-state index contributed by atoms with van der Waals surface area (Å²) in [4.78, 5) is 38.1. The molecule has 5 nitrogen and oxygen atoms in total. The molecule has 0 aromatic heterocycles. The fourth-order valence-electron chi connectivity index (χ4n) is 5.03. The molecule has 0 spiro atoms. The normalized spacial score (nSPS) is 36.1. The van der Waals surface area contributed by atoms with Crippen molar-refractivity contribution in [3.63, 3.8) is 0 Å². The zero-order valence-electron chi connectivity index (χ0n) is 15.0. The van der Waals surface area contributed by atoms with Crippen molar-refractivity contribution in [2.45, 2.75) is 20.5 Å². The first-order chi connectivity index (χ1) is 14.0. The molecule has 4 aliphatic rings. The molecular formula is C19H12Cl6N2O3. The summed E-state index contributed by atoms with van der Waals surface area (Å²) in [5.41, 5.74) is 1.79. The van der Waals surface area contributed by atoms with Gasteiger partial charge in [0.15, 0.2) is 4.33 Å². The molecule has 5 rings (SSSR count). The Bertz CT molecular complexity index is 1030. The molecule has 2 heterocycles. The second kappa shape index (κ2) is 6.43. The molecule has 2 bridgehead atoms. The van der Waals surface area contributed by atoms with E-state index >= 15 is 0 Å². The van der Waals surface area contributed by atoms with Crippen molar-refractivity contribution in [2.24, 2.45) is 11.8 Å². The Labute approximate surface area is 201 Å². The molecule has 4 atom stereocenters. The number of carbonyl (C=O) groups excluding carboxylic acids is 3. The Morgan fingerprint density at radius 3 is 2.07 bits per heavy atom. The number of hydrogen-bond acceptors (Lipinski definition) is 3. The quantitative estimate of drug-likeness (QED) is 0.430. The lowest BCUT2D eigenvalue weighted by Crippen LogP contribution is -2.51. The van der Waals surface area contributed by atoms with Crippen LogP contribution in [0.25, 0.3) is 0 Å². The van der Waals surface area contributed by atoms with E-state index in [1.807, 2.05) is 24.3 Å². The zero-order valence-corrected chi connectivity index (χ0v) is 19.5. The van der Waals surface area contributed by atoms with Crippen LogP contribution in [0.5, 0.6) is 0 Å². The van der Waals surface area contributed by atoms with Gasteiger partial charge in [0.25, 0.3) is 0 Å². The van der Waals surface area contributed by atoms with Crippen LogP contribution >= 0.6 is 69.6 Å². The van der Waals surface area contributed by atoms with Crippen LogP contribution in [0.15, 0.2) is 34.3 Å². The Hall–Kier alpha value is -0.690. The largest absolute Gasteiger partial charge is 0.310 e. The summed E-state index contributed by atoms with van der Waals surface area (Å²) in [6.07, 6.45) is 0.695. The smallest absolute Gasteiger partial charge is 0.247 e. The third-order valence-corrected chi connectivity index (χ3v) is 10.7. The molecule has 1 saturated carbocycles. The number of alkyl halides is 4. The highest BCUT2D eigenvalue weighted by molar-refractivity contribution is 6.66. The van der Waals surface area contributed by atoms with Crippen LogP contribution < -0.4 is 4.90 Å². The summed E-state index contributed by atoms with van der Waals surface area (Å²) in [5, 5.41) is -0.315. The lowest BCUT2D eigenvalue weighted by molar-refractivity contribution is -0.143. The fourth-order valence-corrected chi connectivity index (χ4v) is 7.96. The van der Waals surface area contributed by atoms with Crippen molar-refractivity contribution < 1.29 is 14.4 Å². The lowest BCUT2D eigenvalue weighted by atomic mass is 9.84. The summed E-state index contributed by atoms with van der Waals surface area (Å²) in [6, 6.07) is 7.47. The van der Waals surface area contributed by atoms with Gasteiger partial charge in [-0.15, -0.1) is 23.2 Å². The van der Waals surface area contributed by atoms with Crippen LogP contribution in [-0.4, -0.2) is 49.8 Å². The van der Waals surface area contributed by atoms with Crippen LogP contribution in [-0.2, 0) is 20.8 Å². The van der Waals surface area contributed by atoms with Crippen LogP contribution in [0.2, 0.25) is 0 Å². The molecule has 1 aromatic rings. The van der Waals surface area contributed by atoms with Crippen molar-refractivity contribution in [1.29, 1.82) is 0 Å². The van der Waals surface area contributed by atoms with Crippen molar-refractivity contribution in [3.05, 3.63) is 39.9 Å². The predicted octanol–water partition coefficient (Wildman–Crippen LogP) is 4.02. The summed E-state index contributed by atoms with van der Waals surface area (Å²) < 4.78 is -1.98. The van der Waals surface area contributed by atoms with Gasteiger partial charge in [0.1, 0.15) is 16.3 Å². The molecule has 0 radical (unpaired) electrons. The number of likely N-dealkylation sites (tertiary alicyclic amines) is 1. The van der Waals surface area contributed by atoms with E-state index in [0.717, 1.165) is 16.2 Å². The first kappa shape index (κ1) is 21.2. The predicted molar refractivity (Wildman–Crippen MR) is 117 cm³/mol. The van der Waals surface area contributed by atoms with Gasteiger partial charge in [-0.3, -0.25) is 19.3 Å². The Balaban J connectivity index is 1.48. The van der Waals surface area contributed by atoms with Gasteiger partial charge in [-0.2, -0.15) is 0 Å². The number of para-hydroxylation sites is 1. The van der Waals surface area contributed by atoms with Crippen molar-refractivity contribution in [3.8, 4) is 0 Å². The van der Waals surface area contributed by atoms with Crippen molar-refractivity contribution in [2.75, 3.05) is 18.0 Å². The molecule has 0 unspecified atom stereocenters. The highest BCUT2D eigenvalue weighted by Gasteiger charge is 2.87. The number of nitrogens with zero attached hydrogens (tertiary/aromatic N) is 2. The van der Waals surface area contributed by atoms with Gasteiger partial charge in [-0.25, -0.2) is 0 Å². The number of benzene rings is 1. The topological polar surface area (TPSA) is 57.7 Å². The number of allylic oxidation sites excluding steroid dienone is 2. The summed E-state index contributed by atoms with van der Waals surface area (Å²) in [5.74, 6) is -4.25. The van der Waals surface area contributed by atoms with E-state index in [1.54, 1.807) is 4.90 Å². The van der Waals surface area contributed by atoms with Gasteiger partial charge in [-0.1, -0.05) is 64.6 Å². The van der Waals surface area contributed by atoms with Gasteiger partial charge in [0, 0.05) is 12.2 Å². The summed E-state index contributed by atoms with van der Waals surface area (Å²) in [6.45, 7) is 0.0115. The van der Waals surface area contributed by atoms with Crippen LogP contribution in [0.1, 0.15) is 5.56 Å². The maximum absolute atomic E-state index is 13.2. The molecule has 1 aromatic carbocycles. The minimum Gasteiger partial charge on any atom is -0.310 e. The minimum absolute atomic E-state index is 0.158. The van der Waals surface area contributed by atoms with E-state index in [2.05, 4.69) is 0 Å². The van der Waals surface area contributed by atoms with Crippen LogP contribution in [0.3, 0.4) is 0 Å². The Kier molecular flexibility index (Phi) is 4.54. The maximum atomic E-state index is 13.2. The molecule has 0 N–H and O–H groups in total. The van der Waals surface area contributed by atoms with Gasteiger partial charge in [-0.05, 0) is 18.1 Å². The number of amides is 3. The second-order valence-electron chi connectivity index (χ2n) is 7.77. The SMILES string of the molecule is O=C1[C@H]2[C@H](C(=O)N1CC(=O)N1CCc3ccccc31)[C@@]1(Cl)C(Cl)=C(Cl)[C@@]2(Cl)C1(Cl)Cl. The second-order valence-corrected chi connectivity index (χ2v) is 11.0. The highest BCUT2D eigenvalue weighted by Crippen LogP contribution is 2.77. The van der Waals surface area contributed by atoms with Crippen LogP contribution in [0, 0.1) is 11.8 Å². The molecule has 1 saturated heterocycles. The molecule has 158 valence electrons. The average molecular weight is 529 g/mol. The van der Waals surface area contributed by atoms with Crippen LogP contribution in [0.4, 0.5) is 5.69 Å². The van der Waals surface area contributed by atoms with E-state index in [9.17, 15) is 14.4 Å². The third-order valence-electron chi connectivity index (χ3n) is 6.48. The number of halogens is 6. The van der Waals surface area contributed by atoms with E-state index < -0.39 is 50.2 Å². The number of rotatable bonds is 2. The summed E-state index contributed by atoms with van der Waals surface area (Å²) in [7, 11) is 0. The van der Waals surface area contributed by atoms with E-state index in [-0.39, 0.29) is 10.1 Å². The van der Waals surface area contributed by atoms with E-state index in [4.69, 9.17) is 69.6 Å². The van der Waals surface area contributed by atoms with E-state index in [1.165, 1.54) is 0 Å². The van der Waals surface area contributed by atoms with Gasteiger partial charge >= 0.3 is 0 Å². The number of imide groups is 1. The average Bonchev–Trinajstić information content (AvgIpc) is 3.31. The Morgan fingerprint density at radius 1 is 0.967 bits per heavy atom. The number of fused-ring (bicyclic) bond motifs is 6. The lowest BCUT2D eigenvalue weighted by Gasteiger charge is -2.34. The number of hydrogen-bond donors (Lipinski definition) is 0. The zero-order chi connectivity index (χ0) is 21.8. The fraction of sp³-hybridized carbons (Fsp3) is 0.421. The van der Waals surface area contributed by atoms with Gasteiger partial charge < -0.3 is 4.90 Å². The Morgan fingerprint density at radius 2 is 1.50 bits per heavy atom. The molecule has 2 aliphatic carbocycles. The van der Waals surface area contributed by atoms with Crippen molar-refractivity contribution in [1.82, 2.24) is 4.90 Å². The highest BCUT2D eigenvalue weighted by atomic mass is 35.5. The molecule has 11 heteroatoms. The van der Waals surface area contributed by atoms with Crippen molar-refractivity contribution >= 4 is 93.0 Å². The monoisotopic (exact) mass is 526 g/mol. The molecule has 2 fully saturated rings. The maximum Gasteiger partial charge on any atom is 0.247 e. The third kappa shape index (κ3) is 2.17. The first-order valence-corrected chi connectivity index (χ1v) is 11.3. The molecule has 2 aliphatic heterocycles. The summed E-state index contributed by atoms with van der Waals surface area (Å²) >= 11 is 38.8. The van der Waals surface area contributed by atoms with Gasteiger partial charge in [0.2, 0.25) is 17.7 Å². The molecule has 30 heavy (non-hydrogen) atoms. The molecule has 3 amide bonds. The minimum atomic E-state index is -1.98.